The molecule has 1 saturated heterocycles. The highest BCUT2D eigenvalue weighted by Crippen LogP contribution is 2.26. The van der Waals surface area contributed by atoms with Gasteiger partial charge in [0.2, 0.25) is 11.3 Å². The molecule has 0 unspecified atom stereocenters. The molecule has 0 aliphatic carbocycles. The number of rotatable bonds is 7. The number of aromatic nitrogens is 1. The summed E-state index contributed by atoms with van der Waals surface area (Å²) in [5, 5.41) is 18.4. The highest BCUT2D eigenvalue weighted by molar-refractivity contribution is 5.93. The molecule has 0 saturated carbocycles. The maximum atomic E-state index is 14.9. The number of benzene rings is 1. The maximum absolute atomic E-state index is 14.9. The Morgan fingerprint density at radius 2 is 1.94 bits per heavy atom. The van der Waals surface area contributed by atoms with Crippen molar-refractivity contribution in [2.45, 2.75) is 19.9 Å². The molecule has 12 heteroatoms. The molecule has 2 aromatic rings. The number of carbonyl (C=O) groups is 2. The third kappa shape index (κ3) is 4.57. The zero-order valence-electron chi connectivity index (χ0n) is 16.7. The van der Waals surface area contributed by atoms with E-state index in [1.54, 1.807) is 16.4 Å². The molecule has 31 heavy (non-hydrogen) atoms. The predicted octanol–water partition coefficient (Wildman–Crippen LogP) is 1.11. The lowest BCUT2D eigenvalue weighted by molar-refractivity contribution is -0.757. The monoisotopic (exact) mass is 436 g/mol. The number of carbonyl (C=O) groups excluding carboxylic acids is 1. The maximum Gasteiger partial charge on any atom is 0.341 e. The molecule has 0 radical (unpaired) electrons. The first-order valence-electron chi connectivity index (χ1n) is 9.63. The number of piperazine rings is 1. The van der Waals surface area contributed by atoms with Crippen LogP contribution in [0.25, 0.3) is 10.9 Å². The first kappa shape index (κ1) is 22.0. The molecule has 3 rings (SSSR count). The summed E-state index contributed by atoms with van der Waals surface area (Å²) in [5.41, 5.74) is -0.495. The van der Waals surface area contributed by atoms with Crippen LogP contribution in [-0.2, 0) is 16.2 Å². The molecular formula is C19H21FN4O7. The predicted molar refractivity (Wildman–Crippen MR) is 107 cm³/mol. The average molecular weight is 436 g/mol. The average Bonchev–Trinajstić information content (AvgIpc) is 2.73. The van der Waals surface area contributed by atoms with Crippen LogP contribution >= 0.6 is 0 Å². The molecule has 1 N–H and O–H groups in total. The van der Waals surface area contributed by atoms with E-state index in [2.05, 4.69) is 4.84 Å². The summed E-state index contributed by atoms with van der Waals surface area (Å²) < 4.78 is 16.4. The molecule has 1 aromatic heterocycles. The Bertz CT molecular complexity index is 1090. The topological polar surface area (TPSA) is 135 Å². The molecule has 0 spiro atoms. The molecule has 11 nitrogen and oxygen atoms in total. The van der Waals surface area contributed by atoms with Crippen LogP contribution in [0.4, 0.5) is 10.1 Å². The molecule has 1 amide bonds. The number of aryl methyl sites for hydroxylation is 1. The molecular weight excluding hydrogens is 415 g/mol. The highest BCUT2D eigenvalue weighted by Gasteiger charge is 2.24. The van der Waals surface area contributed by atoms with Crippen molar-refractivity contribution in [1.29, 1.82) is 0 Å². The second kappa shape index (κ2) is 8.98. The van der Waals surface area contributed by atoms with E-state index < -0.39 is 27.9 Å². The fourth-order valence-corrected chi connectivity index (χ4v) is 3.62. The van der Waals surface area contributed by atoms with Crippen molar-refractivity contribution in [2.75, 3.05) is 37.7 Å². The molecule has 1 fully saturated rings. The van der Waals surface area contributed by atoms with E-state index in [0.717, 1.165) is 6.07 Å². The second-order valence-corrected chi connectivity index (χ2v) is 6.96. The Balaban J connectivity index is 1.81. The van der Waals surface area contributed by atoms with Gasteiger partial charge in [0.05, 0.1) is 17.6 Å². The van der Waals surface area contributed by atoms with Gasteiger partial charge in [-0.05, 0) is 19.1 Å². The lowest BCUT2D eigenvalue weighted by Gasteiger charge is -2.36. The Labute approximate surface area is 175 Å². The molecule has 2 heterocycles. The van der Waals surface area contributed by atoms with Crippen LogP contribution in [0.5, 0.6) is 0 Å². The standard InChI is InChI=1S/C19H21FN4O7/c1-2-21-11-13(19(27)28)18(26)12-9-14(20)16(10-15(12)21)22-4-6-23(7-5-22)17(25)3-8-31-24(29)30/h9-11H,2-8H2,1H3,(H,27,28). The fourth-order valence-electron chi connectivity index (χ4n) is 3.62. The third-order valence-electron chi connectivity index (χ3n) is 5.21. The summed E-state index contributed by atoms with van der Waals surface area (Å²) in [6.07, 6.45) is 1.12. The SMILES string of the molecule is CCn1cc(C(=O)O)c(=O)c2cc(F)c(N3CCN(C(=O)CCO[N+](=O)[O-])CC3)cc21. The Morgan fingerprint density at radius 3 is 2.52 bits per heavy atom. The number of hydrogen-bond acceptors (Lipinski definition) is 7. The van der Waals surface area contributed by atoms with Crippen LogP contribution in [0, 0.1) is 15.9 Å². The van der Waals surface area contributed by atoms with E-state index in [1.807, 2.05) is 0 Å². The summed E-state index contributed by atoms with van der Waals surface area (Å²) in [5.74, 6) is -2.32. The van der Waals surface area contributed by atoms with Gasteiger partial charge in [0.1, 0.15) is 18.0 Å². The van der Waals surface area contributed by atoms with Crippen molar-refractivity contribution < 1.29 is 29.0 Å². The van der Waals surface area contributed by atoms with Crippen LogP contribution in [0.15, 0.2) is 23.1 Å². The first-order chi connectivity index (χ1) is 14.7. The van der Waals surface area contributed by atoms with Gasteiger partial charge in [-0.3, -0.25) is 9.59 Å². The molecule has 1 aromatic carbocycles. The minimum atomic E-state index is -1.37. The number of nitrogens with zero attached hydrogens (tertiary/aromatic N) is 4. The van der Waals surface area contributed by atoms with Gasteiger partial charge in [-0.2, -0.15) is 0 Å². The zero-order valence-corrected chi connectivity index (χ0v) is 16.7. The Hall–Kier alpha value is -3.70. The van der Waals surface area contributed by atoms with Crippen LogP contribution in [-0.4, -0.2) is 64.3 Å². The van der Waals surface area contributed by atoms with Gasteiger partial charge in [0, 0.05) is 44.3 Å². The smallest absolute Gasteiger partial charge is 0.341 e. The van der Waals surface area contributed by atoms with E-state index in [0.29, 0.717) is 38.2 Å². The molecule has 1 aliphatic rings. The van der Waals surface area contributed by atoms with Gasteiger partial charge < -0.3 is 24.3 Å². The normalized spacial score (nSPS) is 14.0. The van der Waals surface area contributed by atoms with E-state index in [-0.39, 0.29) is 30.0 Å². The summed E-state index contributed by atoms with van der Waals surface area (Å²) in [4.78, 5) is 53.5. The minimum absolute atomic E-state index is 0.0115. The summed E-state index contributed by atoms with van der Waals surface area (Å²) >= 11 is 0. The van der Waals surface area contributed by atoms with Crippen molar-refractivity contribution in [3.63, 3.8) is 0 Å². The van der Waals surface area contributed by atoms with Gasteiger partial charge in [0.25, 0.3) is 5.09 Å². The van der Waals surface area contributed by atoms with Crippen molar-refractivity contribution in [1.82, 2.24) is 9.47 Å². The Morgan fingerprint density at radius 1 is 1.26 bits per heavy atom. The van der Waals surface area contributed by atoms with Gasteiger partial charge in [-0.15, -0.1) is 10.1 Å². The van der Waals surface area contributed by atoms with Crippen molar-refractivity contribution >= 4 is 28.5 Å². The molecule has 1 aliphatic heterocycles. The van der Waals surface area contributed by atoms with E-state index >= 15 is 0 Å². The molecule has 0 bridgehead atoms. The fraction of sp³-hybridized carbons (Fsp3) is 0.421. The van der Waals surface area contributed by atoms with Gasteiger partial charge in [0.15, 0.2) is 0 Å². The lowest BCUT2D eigenvalue weighted by atomic mass is 10.1. The van der Waals surface area contributed by atoms with Crippen molar-refractivity contribution in [2.24, 2.45) is 0 Å². The number of hydrogen-bond donors (Lipinski definition) is 1. The number of carboxylic acids is 1. The van der Waals surface area contributed by atoms with Crippen LogP contribution in [0.2, 0.25) is 0 Å². The summed E-state index contributed by atoms with van der Waals surface area (Å²) in [6, 6.07) is 2.57. The van der Waals surface area contributed by atoms with Gasteiger partial charge >= 0.3 is 5.97 Å². The van der Waals surface area contributed by atoms with Crippen molar-refractivity contribution in [3.05, 3.63) is 50.0 Å². The quantitative estimate of drug-likeness (QED) is 0.504. The number of anilines is 1. The zero-order chi connectivity index (χ0) is 22.7. The van der Waals surface area contributed by atoms with E-state index in [1.165, 1.54) is 17.2 Å². The van der Waals surface area contributed by atoms with Crippen LogP contribution in [0.3, 0.4) is 0 Å². The summed E-state index contributed by atoms with van der Waals surface area (Å²) in [7, 11) is 0. The molecule has 0 atom stereocenters. The van der Waals surface area contributed by atoms with E-state index in [9.17, 15) is 34.0 Å². The number of amides is 1. The number of carboxylic acid groups (broad SMARTS) is 1. The van der Waals surface area contributed by atoms with E-state index in [4.69, 9.17) is 0 Å². The van der Waals surface area contributed by atoms with Crippen LogP contribution < -0.4 is 10.3 Å². The minimum Gasteiger partial charge on any atom is -0.477 e. The number of halogens is 1. The lowest BCUT2D eigenvalue weighted by Crippen LogP contribution is -2.49. The molecule has 166 valence electrons. The van der Waals surface area contributed by atoms with Gasteiger partial charge in [-0.1, -0.05) is 0 Å². The number of fused-ring (bicyclic) bond motifs is 1. The second-order valence-electron chi connectivity index (χ2n) is 6.96. The van der Waals surface area contributed by atoms with Gasteiger partial charge in [-0.25, -0.2) is 9.18 Å². The Kier molecular flexibility index (Phi) is 6.37. The summed E-state index contributed by atoms with van der Waals surface area (Å²) in [6.45, 7) is 3.10. The third-order valence-corrected chi connectivity index (χ3v) is 5.21. The van der Waals surface area contributed by atoms with Crippen molar-refractivity contribution in [3.8, 4) is 0 Å². The van der Waals surface area contributed by atoms with Crippen LogP contribution in [0.1, 0.15) is 23.7 Å². The first-order valence-corrected chi connectivity index (χ1v) is 9.63. The highest BCUT2D eigenvalue weighted by atomic mass is 19.1. The largest absolute Gasteiger partial charge is 0.477 e. The number of pyridine rings is 1. The number of aromatic carboxylic acids is 1.